The highest BCUT2D eigenvalue weighted by Gasteiger charge is 2.33. The summed E-state index contributed by atoms with van der Waals surface area (Å²) in [6.07, 6.45) is 3.32. The predicted molar refractivity (Wildman–Crippen MR) is 106 cm³/mol. The second kappa shape index (κ2) is 6.85. The average Bonchev–Trinajstić information content (AvgIpc) is 3.20. The number of aromatic nitrogens is 2. The standard InChI is InChI=1S/C20H15FN4OS/c1-12-3-2-4-16(9-12)25-19(26)17(27-20(25)22)10-14-11-23-24-18(14)13-5-7-15(21)8-6-13/h2-11,22H,1H3,(H,23,24). The van der Waals surface area contributed by atoms with E-state index in [1.807, 2.05) is 31.2 Å². The molecule has 0 atom stereocenters. The molecule has 1 fully saturated rings. The number of H-pyrrole nitrogens is 1. The molecule has 1 saturated heterocycles. The molecule has 0 spiro atoms. The van der Waals surface area contributed by atoms with Crippen molar-refractivity contribution in [3.05, 3.63) is 76.6 Å². The molecule has 1 amide bonds. The summed E-state index contributed by atoms with van der Waals surface area (Å²) >= 11 is 1.11. The molecule has 7 heteroatoms. The van der Waals surface area contributed by atoms with Crippen molar-refractivity contribution in [3.8, 4) is 11.3 Å². The van der Waals surface area contributed by atoms with Gasteiger partial charge in [-0.25, -0.2) is 4.39 Å². The van der Waals surface area contributed by atoms with Crippen molar-refractivity contribution in [1.29, 1.82) is 5.41 Å². The number of aryl methyl sites for hydroxylation is 1. The van der Waals surface area contributed by atoms with Crippen LogP contribution in [-0.4, -0.2) is 21.3 Å². The van der Waals surface area contributed by atoms with Crippen molar-refractivity contribution in [2.75, 3.05) is 4.90 Å². The van der Waals surface area contributed by atoms with Gasteiger partial charge in [-0.15, -0.1) is 0 Å². The first-order valence-electron chi connectivity index (χ1n) is 8.21. The third-order valence-electron chi connectivity index (χ3n) is 4.17. The van der Waals surface area contributed by atoms with E-state index in [0.717, 1.165) is 22.9 Å². The normalized spacial score (nSPS) is 15.8. The summed E-state index contributed by atoms with van der Waals surface area (Å²) in [4.78, 5) is 14.7. The third-order valence-corrected chi connectivity index (χ3v) is 5.06. The summed E-state index contributed by atoms with van der Waals surface area (Å²) in [5.74, 6) is -0.566. The summed E-state index contributed by atoms with van der Waals surface area (Å²) in [6.45, 7) is 1.94. The lowest BCUT2D eigenvalue weighted by Crippen LogP contribution is -2.28. The van der Waals surface area contributed by atoms with E-state index in [0.29, 0.717) is 21.8 Å². The monoisotopic (exact) mass is 378 g/mol. The number of hydrogen-bond acceptors (Lipinski definition) is 4. The van der Waals surface area contributed by atoms with Gasteiger partial charge in [0.25, 0.3) is 5.91 Å². The van der Waals surface area contributed by atoms with E-state index >= 15 is 0 Å². The van der Waals surface area contributed by atoms with Gasteiger partial charge in [0.2, 0.25) is 0 Å². The van der Waals surface area contributed by atoms with E-state index in [9.17, 15) is 9.18 Å². The molecule has 1 aliphatic rings. The number of amidine groups is 1. The molecular weight excluding hydrogens is 363 g/mol. The molecule has 2 N–H and O–H groups in total. The summed E-state index contributed by atoms with van der Waals surface area (Å²) in [7, 11) is 0. The molecule has 1 aliphatic heterocycles. The van der Waals surface area contributed by atoms with Gasteiger partial charge in [-0.05, 0) is 66.7 Å². The zero-order valence-electron chi connectivity index (χ0n) is 14.4. The molecule has 1 aromatic heterocycles. The first-order valence-corrected chi connectivity index (χ1v) is 9.03. The van der Waals surface area contributed by atoms with E-state index in [4.69, 9.17) is 5.41 Å². The number of benzene rings is 2. The number of amides is 1. The maximum absolute atomic E-state index is 13.2. The maximum atomic E-state index is 13.2. The van der Waals surface area contributed by atoms with Crippen LogP contribution in [0.4, 0.5) is 10.1 Å². The Morgan fingerprint density at radius 1 is 1.22 bits per heavy atom. The predicted octanol–water partition coefficient (Wildman–Crippen LogP) is 4.58. The van der Waals surface area contributed by atoms with Crippen LogP contribution in [0.2, 0.25) is 0 Å². The van der Waals surface area contributed by atoms with Gasteiger partial charge in [-0.3, -0.25) is 20.2 Å². The van der Waals surface area contributed by atoms with Crippen LogP contribution in [0.1, 0.15) is 11.1 Å². The van der Waals surface area contributed by atoms with E-state index in [-0.39, 0.29) is 16.9 Å². The van der Waals surface area contributed by atoms with Crippen LogP contribution in [0.25, 0.3) is 17.3 Å². The molecule has 27 heavy (non-hydrogen) atoms. The quantitative estimate of drug-likeness (QED) is 0.655. The van der Waals surface area contributed by atoms with Gasteiger partial charge >= 0.3 is 0 Å². The van der Waals surface area contributed by atoms with Crippen LogP contribution >= 0.6 is 11.8 Å². The van der Waals surface area contributed by atoms with Crippen molar-refractivity contribution in [1.82, 2.24) is 10.2 Å². The van der Waals surface area contributed by atoms with Gasteiger partial charge in [0.1, 0.15) is 5.82 Å². The van der Waals surface area contributed by atoms with Crippen LogP contribution in [0.15, 0.2) is 59.6 Å². The first-order chi connectivity index (χ1) is 13.0. The zero-order chi connectivity index (χ0) is 19.0. The van der Waals surface area contributed by atoms with E-state index in [2.05, 4.69) is 10.2 Å². The van der Waals surface area contributed by atoms with E-state index in [1.54, 1.807) is 24.4 Å². The Balaban J connectivity index is 1.68. The largest absolute Gasteiger partial charge is 0.278 e. The number of nitrogens with zero attached hydrogens (tertiary/aromatic N) is 2. The SMILES string of the molecule is Cc1cccc(N2C(=N)SC(=Cc3cn[nH]c3-c3ccc(F)cc3)C2=O)c1. The molecule has 0 saturated carbocycles. The van der Waals surface area contributed by atoms with Gasteiger partial charge in [0.05, 0.1) is 22.5 Å². The molecule has 5 nitrogen and oxygen atoms in total. The van der Waals surface area contributed by atoms with Gasteiger partial charge in [0.15, 0.2) is 5.17 Å². The Morgan fingerprint density at radius 2 is 2.00 bits per heavy atom. The van der Waals surface area contributed by atoms with E-state index < -0.39 is 0 Å². The second-order valence-electron chi connectivity index (χ2n) is 6.10. The fraction of sp³-hybridized carbons (Fsp3) is 0.0500. The summed E-state index contributed by atoms with van der Waals surface area (Å²) in [5.41, 5.74) is 3.85. The zero-order valence-corrected chi connectivity index (χ0v) is 15.2. The van der Waals surface area contributed by atoms with Crippen LogP contribution in [0.3, 0.4) is 0 Å². The van der Waals surface area contributed by atoms with Crippen LogP contribution in [0, 0.1) is 18.2 Å². The number of anilines is 1. The number of aromatic amines is 1. The Hall–Kier alpha value is -3.19. The topological polar surface area (TPSA) is 72.8 Å². The van der Waals surface area contributed by atoms with Crippen molar-refractivity contribution >= 4 is 34.6 Å². The summed E-state index contributed by atoms with van der Waals surface area (Å²) < 4.78 is 13.2. The van der Waals surface area contributed by atoms with E-state index in [1.165, 1.54) is 17.0 Å². The van der Waals surface area contributed by atoms with Gasteiger partial charge in [0, 0.05) is 11.1 Å². The molecule has 2 aromatic carbocycles. The molecule has 0 unspecified atom stereocenters. The lowest BCUT2D eigenvalue weighted by atomic mass is 10.1. The van der Waals surface area contributed by atoms with Crippen LogP contribution < -0.4 is 4.90 Å². The molecular formula is C20H15FN4OS. The highest BCUT2D eigenvalue weighted by molar-refractivity contribution is 8.19. The van der Waals surface area contributed by atoms with Crippen molar-refractivity contribution in [2.45, 2.75) is 6.92 Å². The Bertz CT molecular complexity index is 1070. The fourth-order valence-electron chi connectivity index (χ4n) is 2.88. The third kappa shape index (κ3) is 3.29. The minimum atomic E-state index is -0.318. The van der Waals surface area contributed by atoms with Crippen LogP contribution in [-0.2, 0) is 4.79 Å². The number of halogens is 1. The van der Waals surface area contributed by atoms with Gasteiger partial charge in [-0.2, -0.15) is 5.10 Å². The Labute approximate surface area is 159 Å². The number of hydrogen-bond donors (Lipinski definition) is 2. The molecule has 4 rings (SSSR count). The molecule has 3 aromatic rings. The van der Waals surface area contributed by atoms with Gasteiger partial charge in [-0.1, -0.05) is 12.1 Å². The van der Waals surface area contributed by atoms with Crippen molar-refractivity contribution < 1.29 is 9.18 Å². The molecule has 2 heterocycles. The van der Waals surface area contributed by atoms with Gasteiger partial charge < -0.3 is 0 Å². The number of rotatable bonds is 3. The molecule has 0 aliphatic carbocycles. The first kappa shape index (κ1) is 17.2. The lowest BCUT2D eigenvalue weighted by Gasteiger charge is -2.14. The minimum Gasteiger partial charge on any atom is -0.278 e. The van der Waals surface area contributed by atoms with Crippen molar-refractivity contribution in [3.63, 3.8) is 0 Å². The maximum Gasteiger partial charge on any atom is 0.271 e. The Morgan fingerprint density at radius 3 is 2.74 bits per heavy atom. The highest BCUT2D eigenvalue weighted by atomic mass is 32.2. The fourth-order valence-corrected chi connectivity index (χ4v) is 3.73. The number of carbonyl (C=O) groups is 1. The number of thioether (sulfide) groups is 1. The van der Waals surface area contributed by atoms with Crippen molar-refractivity contribution in [2.24, 2.45) is 0 Å². The number of carbonyl (C=O) groups excluding carboxylic acids is 1. The summed E-state index contributed by atoms with van der Waals surface area (Å²) in [6, 6.07) is 13.5. The smallest absolute Gasteiger partial charge is 0.271 e. The Kier molecular flexibility index (Phi) is 4.37. The minimum absolute atomic E-state index is 0.156. The lowest BCUT2D eigenvalue weighted by molar-refractivity contribution is -0.113. The molecule has 0 bridgehead atoms. The molecule has 0 radical (unpaired) electrons. The average molecular weight is 378 g/mol. The summed E-state index contributed by atoms with van der Waals surface area (Å²) in [5, 5.41) is 15.3. The number of nitrogens with one attached hydrogen (secondary N) is 2. The molecule has 134 valence electrons. The van der Waals surface area contributed by atoms with Crippen LogP contribution in [0.5, 0.6) is 0 Å². The second-order valence-corrected chi connectivity index (χ2v) is 7.13. The highest BCUT2D eigenvalue weighted by Crippen LogP contribution is 2.36.